The molecule has 0 heterocycles. The summed E-state index contributed by atoms with van der Waals surface area (Å²) in [7, 11) is 0. The molecule has 0 saturated heterocycles. The Labute approximate surface area is 82.1 Å². The molecule has 0 unspecified atom stereocenters. The molecule has 0 spiro atoms. The zero-order chi connectivity index (χ0) is 9.19. The average molecular weight is 228 g/mol. The van der Waals surface area contributed by atoms with Crippen LogP contribution in [0.2, 0.25) is 0 Å². The van der Waals surface area contributed by atoms with E-state index in [9.17, 15) is 0 Å². The lowest BCUT2D eigenvalue weighted by molar-refractivity contribution is 0.539. The van der Waals surface area contributed by atoms with E-state index in [1.54, 1.807) is 0 Å². The monoisotopic (exact) mass is 227 g/mol. The molecule has 0 aliphatic heterocycles. The Kier molecular flexibility index (Phi) is 2.91. The zero-order valence-corrected chi connectivity index (χ0v) is 9.06. The highest BCUT2D eigenvalue weighted by molar-refractivity contribution is 9.10. The van der Waals surface area contributed by atoms with Crippen LogP contribution in [0.15, 0.2) is 28.7 Å². The van der Waals surface area contributed by atoms with Gasteiger partial charge >= 0.3 is 0 Å². The number of benzene rings is 1. The molecule has 2 N–H and O–H groups in total. The van der Waals surface area contributed by atoms with Crippen LogP contribution in [0.4, 0.5) is 0 Å². The van der Waals surface area contributed by atoms with Crippen molar-refractivity contribution in [3.05, 3.63) is 34.3 Å². The van der Waals surface area contributed by atoms with Crippen molar-refractivity contribution in [3.8, 4) is 0 Å². The van der Waals surface area contributed by atoms with Crippen LogP contribution in [0, 0.1) is 0 Å². The molecule has 0 aliphatic carbocycles. The molecule has 1 aromatic carbocycles. The topological polar surface area (TPSA) is 26.0 Å². The quantitative estimate of drug-likeness (QED) is 0.827. The average Bonchev–Trinajstić information content (AvgIpc) is 2.05. The Morgan fingerprint density at radius 1 is 1.42 bits per heavy atom. The summed E-state index contributed by atoms with van der Waals surface area (Å²) in [5, 5.41) is 0. The van der Waals surface area contributed by atoms with E-state index in [2.05, 4.69) is 41.9 Å². The molecule has 0 saturated carbocycles. The molecule has 0 radical (unpaired) electrons. The maximum atomic E-state index is 5.67. The van der Waals surface area contributed by atoms with Gasteiger partial charge in [-0.25, -0.2) is 0 Å². The van der Waals surface area contributed by atoms with E-state index < -0.39 is 0 Å². The van der Waals surface area contributed by atoms with E-state index in [1.165, 1.54) is 5.56 Å². The van der Waals surface area contributed by atoms with Crippen molar-refractivity contribution in [1.82, 2.24) is 0 Å². The van der Waals surface area contributed by atoms with E-state index >= 15 is 0 Å². The molecule has 0 aromatic heterocycles. The van der Waals surface area contributed by atoms with Crippen LogP contribution < -0.4 is 5.73 Å². The second kappa shape index (κ2) is 3.58. The number of nitrogens with two attached hydrogens (primary N) is 1. The van der Waals surface area contributed by atoms with Gasteiger partial charge in [0, 0.05) is 16.4 Å². The van der Waals surface area contributed by atoms with Crippen LogP contribution in [-0.4, -0.2) is 6.54 Å². The molecular weight excluding hydrogens is 214 g/mol. The lowest BCUT2D eigenvalue weighted by Gasteiger charge is -2.22. The van der Waals surface area contributed by atoms with Gasteiger partial charge in [0.25, 0.3) is 0 Å². The van der Waals surface area contributed by atoms with Crippen molar-refractivity contribution in [1.29, 1.82) is 0 Å². The maximum absolute atomic E-state index is 5.67. The lowest BCUT2D eigenvalue weighted by atomic mass is 9.85. The van der Waals surface area contributed by atoms with Gasteiger partial charge in [0.2, 0.25) is 0 Å². The molecular formula is C10H14BrN. The Morgan fingerprint density at radius 2 is 2.08 bits per heavy atom. The molecule has 12 heavy (non-hydrogen) atoms. The summed E-state index contributed by atoms with van der Waals surface area (Å²) < 4.78 is 1.11. The van der Waals surface area contributed by atoms with Crippen molar-refractivity contribution < 1.29 is 0 Å². The third-order valence-electron chi connectivity index (χ3n) is 2.12. The van der Waals surface area contributed by atoms with E-state index in [-0.39, 0.29) is 5.41 Å². The third-order valence-corrected chi connectivity index (χ3v) is 2.61. The number of halogens is 1. The first kappa shape index (κ1) is 9.75. The minimum Gasteiger partial charge on any atom is -0.330 e. The molecule has 1 aromatic rings. The van der Waals surface area contributed by atoms with Crippen LogP contribution in [0.5, 0.6) is 0 Å². The minimum atomic E-state index is 0.0732. The van der Waals surface area contributed by atoms with E-state index in [0.717, 1.165) is 4.47 Å². The van der Waals surface area contributed by atoms with Crippen molar-refractivity contribution in [2.24, 2.45) is 5.73 Å². The first-order valence-electron chi connectivity index (χ1n) is 4.02. The highest BCUT2D eigenvalue weighted by Gasteiger charge is 2.17. The lowest BCUT2D eigenvalue weighted by Crippen LogP contribution is -2.27. The fraction of sp³-hybridized carbons (Fsp3) is 0.400. The summed E-state index contributed by atoms with van der Waals surface area (Å²) in [5.74, 6) is 0. The normalized spacial score (nSPS) is 11.7. The van der Waals surface area contributed by atoms with Crippen molar-refractivity contribution in [2.45, 2.75) is 19.3 Å². The van der Waals surface area contributed by atoms with Crippen LogP contribution in [0.3, 0.4) is 0 Å². The van der Waals surface area contributed by atoms with Crippen LogP contribution in [0.1, 0.15) is 19.4 Å². The fourth-order valence-electron chi connectivity index (χ4n) is 1.03. The number of rotatable bonds is 2. The Bertz CT molecular complexity index is 268. The molecule has 66 valence electrons. The fourth-order valence-corrected chi connectivity index (χ4v) is 1.43. The maximum Gasteiger partial charge on any atom is 0.0178 e. The molecule has 0 amide bonds. The first-order chi connectivity index (χ1) is 5.56. The van der Waals surface area contributed by atoms with Crippen molar-refractivity contribution in [2.75, 3.05) is 6.54 Å². The van der Waals surface area contributed by atoms with E-state index in [0.29, 0.717) is 6.54 Å². The molecule has 0 bridgehead atoms. The Balaban J connectivity index is 3.03. The van der Waals surface area contributed by atoms with Gasteiger partial charge in [0.15, 0.2) is 0 Å². The van der Waals surface area contributed by atoms with Gasteiger partial charge in [-0.3, -0.25) is 0 Å². The summed E-state index contributed by atoms with van der Waals surface area (Å²) in [6.07, 6.45) is 0. The van der Waals surface area contributed by atoms with Gasteiger partial charge in [-0.1, -0.05) is 41.9 Å². The first-order valence-corrected chi connectivity index (χ1v) is 4.82. The molecule has 0 fully saturated rings. The molecule has 1 nitrogen and oxygen atoms in total. The van der Waals surface area contributed by atoms with Crippen molar-refractivity contribution in [3.63, 3.8) is 0 Å². The van der Waals surface area contributed by atoms with Gasteiger partial charge in [-0.05, 0) is 17.7 Å². The zero-order valence-electron chi connectivity index (χ0n) is 7.47. The Morgan fingerprint density at radius 3 is 2.58 bits per heavy atom. The number of hydrogen-bond donors (Lipinski definition) is 1. The predicted molar refractivity (Wildman–Crippen MR) is 56.2 cm³/mol. The van der Waals surface area contributed by atoms with Gasteiger partial charge in [0.05, 0.1) is 0 Å². The predicted octanol–water partition coefficient (Wildman–Crippen LogP) is 2.69. The van der Waals surface area contributed by atoms with Crippen LogP contribution in [0.25, 0.3) is 0 Å². The summed E-state index contributed by atoms with van der Waals surface area (Å²) in [4.78, 5) is 0. The van der Waals surface area contributed by atoms with Gasteiger partial charge in [-0.2, -0.15) is 0 Å². The molecule has 2 heteroatoms. The summed E-state index contributed by atoms with van der Waals surface area (Å²) >= 11 is 3.44. The van der Waals surface area contributed by atoms with Crippen LogP contribution in [-0.2, 0) is 5.41 Å². The van der Waals surface area contributed by atoms with Gasteiger partial charge in [0.1, 0.15) is 0 Å². The van der Waals surface area contributed by atoms with Crippen molar-refractivity contribution >= 4 is 15.9 Å². The Hall–Kier alpha value is -0.340. The van der Waals surface area contributed by atoms with Gasteiger partial charge < -0.3 is 5.73 Å². The highest BCUT2D eigenvalue weighted by Crippen LogP contribution is 2.24. The second-order valence-corrected chi connectivity index (χ2v) is 4.51. The van der Waals surface area contributed by atoms with Gasteiger partial charge in [-0.15, -0.1) is 0 Å². The third kappa shape index (κ3) is 2.08. The molecule has 0 atom stereocenters. The second-order valence-electron chi connectivity index (χ2n) is 3.60. The molecule has 1 rings (SSSR count). The number of hydrogen-bond acceptors (Lipinski definition) is 1. The minimum absolute atomic E-state index is 0.0732. The standard InChI is InChI=1S/C10H14BrN/c1-10(2,7-12)8-4-3-5-9(11)6-8/h3-6H,7,12H2,1-2H3. The summed E-state index contributed by atoms with van der Waals surface area (Å²) in [5.41, 5.74) is 7.02. The smallest absolute Gasteiger partial charge is 0.0178 e. The highest BCUT2D eigenvalue weighted by atomic mass is 79.9. The SMILES string of the molecule is CC(C)(CN)c1cccc(Br)c1. The largest absolute Gasteiger partial charge is 0.330 e. The van der Waals surface area contributed by atoms with E-state index in [4.69, 9.17) is 5.73 Å². The summed E-state index contributed by atoms with van der Waals surface area (Å²) in [6.45, 7) is 4.97. The summed E-state index contributed by atoms with van der Waals surface area (Å²) in [6, 6.07) is 8.29. The molecule has 0 aliphatic rings. The van der Waals surface area contributed by atoms with Crippen LogP contribution >= 0.6 is 15.9 Å². The van der Waals surface area contributed by atoms with E-state index in [1.807, 2.05) is 12.1 Å².